The van der Waals surface area contributed by atoms with Gasteiger partial charge in [-0.25, -0.2) is 4.79 Å². The van der Waals surface area contributed by atoms with E-state index >= 15 is 0 Å². The predicted octanol–water partition coefficient (Wildman–Crippen LogP) is 1.70. The van der Waals surface area contributed by atoms with Crippen molar-refractivity contribution in [2.45, 2.75) is 0 Å². The van der Waals surface area contributed by atoms with Gasteiger partial charge >= 0.3 is 5.97 Å². The Bertz CT molecular complexity index is 268. The number of thiol groups is 1. The summed E-state index contributed by atoms with van der Waals surface area (Å²) in [4.78, 5) is 10.9. The van der Waals surface area contributed by atoms with Crippen molar-refractivity contribution >= 4 is 18.9 Å². The summed E-state index contributed by atoms with van der Waals surface area (Å²) in [7, 11) is 1.34. The van der Waals surface area contributed by atoms with Crippen LogP contribution >= 0.6 is 12.9 Å². The molecule has 0 heterocycles. The van der Waals surface area contributed by atoms with E-state index < -0.39 is 0 Å². The molecule has 0 aliphatic carbocycles. The second-order valence-corrected chi connectivity index (χ2v) is 2.29. The lowest BCUT2D eigenvalue weighted by atomic mass is 10.2. The quantitative estimate of drug-likeness (QED) is 0.431. The Balaban J connectivity index is 2.84. The number of carbonyl (C=O) groups excluding carboxylic acids is 1. The number of rotatable bonds is 2. The number of hydrogen-bond acceptors (Lipinski definition) is 4. The van der Waals surface area contributed by atoms with Gasteiger partial charge in [0.15, 0.2) is 0 Å². The molecule has 0 aliphatic heterocycles. The molecule has 1 aromatic rings. The predicted molar refractivity (Wildman–Crippen MR) is 47.4 cm³/mol. The molecule has 1 rings (SSSR count). The molecule has 1 aromatic carbocycles. The van der Waals surface area contributed by atoms with Gasteiger partial charge in [0.25, 0.3) is 0 Å². The summed E-state index contributed by atoms with van der Waals surface area (Å²) in [6, 6.07) is 6.49. The molecule has 0 bridgehead atoms. The Labute approximate surface area is 75.9 Å². The lowest BCUT2D eigenvalue weighted by Gasteiger charge is -1.99. The number of esters is 1. The summed E-state index contributed by atoms with van der Waals surface area (Å²) in [5.74, 6) is 0.228. The van der Waals surface area contributed by atoms with Crippen molar-refractivity contribution in [1.82, 2.24) is 0 Å². The van der Waals surface area contributed by atoms with Crippen LogP contribution in [0.25, 0.3) is 0 Å². The first kappa shape index (κ1) is 8.93. The summed E-state index contributed by atoms with van der Waals surface area (Å²) >= 11 is 3.60. The summed E-state index contributed by atoms with van der Waals surface area (Å²) in [5, 5.41) is 0. The van der Waals surface area contributed by atoms with Crippen LogP contribution < -0.4 is 4.18 Å². The summed E-state index contributed by atoms with van der Waals surface area (Å²) in [5.41, 5.74) is 0.492. The maximum Gasteiger partial charge on any atom is 0.337 e. The smallest absolute Gasteiger partial charge is 0.337 e. The van der Waals surface area contributed by atoms with Gasteiger partial charge in [-0.1, -0.05) is 0 Å². The maximum absolute atomic E-state index is 10.9. The fraction of sp³-hybridized carbons (Fsp3) is 0.125. The molecule has 0 spiro atoms. The lowest BCUT2D eigenvalue weighted by molar-refractivity contribution is 0.0601. The highest BCUT2D eigenvalue weighted by molar-refractivity contribution is 7.75. The lowest BCUT2D eigenvalue weighted by Crippen LogP contribution is -1.99. The van der Waals surface area contributed by atoms with Gasteiger partial charge in [-0.2, -0.15) is 0 Å². The molecule has 0 radical (unpaired) electrons. The molecule has 4 heteroatoms. The average molecular weight is 184 g/mol. The van der Waals surface area contributed by atoms with E-state index in [4.69, 9.17) is 0 Å². The topological polar surface area (TPSA) is 35.5 Å². The van der Waals surface area contributed by atoms with Crippen molar-refractivity contribution in [3.05, 3.63) is 29.8 Å². The second-order valence-electron chi connectivity index (χ2n) is 2.11. The zero-order chi connectivity index (χ0) is 8.97. The minimum absolute atomic E-state index is 0.360. The van der Waals surface area contributed by atoms with Gasteiger partial charge in [0, 0.05) is 12.9 Å². The molecule has 12 heavy (non-hydrogen) atoms. The van der Waals surface area contributed by atoms with E-state index in [-0.39, 0.29) is 5.97 Å². The molecule has 64 valence electrons. The molecule has 0 atom stereocenters. The van der Waals surface area contributed by atoms with Crippen molar-refractivity contribution in [1.29, 1.82) is 0 Å². The van der Waals surface area contributed by atoms with Gasteiger partial charge in [-0.3, -0.25) is 0 Å². The highest BCUT2D eigenvalue weighted by atomic mass is 32.1. The molecular weight excluding hydrogens is 176 g/mol. The normalized spacial score (nSPS) is 9.17. The van der Waals surface area contributed by atoms with Crippen molar-refractivity contribution in [2.75, 3.05) is 7.11 Å². The standard InChI is InChI=1S/C8H8O3S/c1-10-8(9)6-2-4-7(11-12)5-3-6/h2-5,12H,1H3. The SMILES string of the molecule is COC(=O)c1ccc(OS)cc1. The first-order chi connectivity index (χ1) is 5.77. The van der Waals surface area contributed by atoms with Crippen LogP contribution in [0.15, 0.2) is 24.3 Å². The fourth-order valence-electron chi connectivity index (χ4n) is 0.770. The van der Waals surface area contributed by atoms with Gasteiger partial charge in [0.05, 0.1) is 12.7 Å². The largest absolute Gasteiger partial charge is 0.465 e. The maximum atomic E-state index is 10.9. The van der Waals surface area contributed by atoms with Crippen LogP contribution in [0.5, 0.6) is 5.75 Å². The van der Waals surface area contributed by atoms with Crippen molar-refractivity contribution in [2.24, 2.45) is 0 Å². The average Bonchev–Trinajstić information content (AvgIpc) is 2.17. The van der Waals surface area contributed by atoms with Crippen LogP contribution in [0, 0.1) is 0 Å². The highest BCUT2D eigenvalue weighted by Crippen LogP contribution is 2.13. The number of ether oxygens (including phenoxy) is 1. The molecule has 0 amide bonds. The van der Waals surface area contributed by atoms with Gasteiger partial charge in [0.1, 0.15) is 5.75 Å². The molecule has 0 aliphatic rings. The molecule has 0 saturated carbocycles. The molecule has 0 saturated heterocycles. The van der Waals surface area contributed by atoms with Crippen molar-refractivity contribution in [3.63, 3.8) is 0 Å². The highest BCUT2D eigenvalue weighted by Gasteiger charge is 2.03. The molecule has 0 fully saturated rings. The Hall–Kier alpha value is -1.16. The minimum Gasteiger partial charge on any atom is -0.465 e. The van der Waals surface area contributed by atoms with E-state index in [2.05, 4.69) is 21.8 Å². The van der Waals surface area contributed by atoms with E-state index in [0.29, 0.717) is 11.3 Å². The zero-order valence-corrected chi connectivity index (χ0v) is 7.38. The van der Waals surface area contributed by atoms with Crippen LogP contribution in [0.4, 0.5) is 0 Å². The third-order valence-corrected chi connectivity index (χ3v) is 1.59. The second kappa shape index (κ2) is 4.01. The van der Waals surface area contributed by atoms with Crippen LogP contribution in [0.1, 0.15) is 10.4 Å². The van der Waals surface area contributed by atoms with Crippen LogP contribution in [-0.2, 0) is 4.74 Å². The molecular formula is C8H8O3S. The number of benzene rings is 1. The Kier molecular flexibility index (Phi) is 2.99. The van der Waals surface area contributed by atoms with Crippen molar-refractivity contribution < 1.29 is 13.7 Å². The summed E-state index contributed by atoms with van der Waals surface area (Å²) < 4.78 is 9.14. The molecule has 0 unspecified atom stereocenters. The van der Waals surface area contributed by atoms with Crippen LogP contribution in [-0.4, -0.2) is 13.1 Å². The van der Waals surface area contributed by atoms with Crippen LogP contribution in [0.3, 0.4) is 0 Å². The monoisotopic (exact) mass is 184 g/mol. The minimum atomic E-state index is -0.360. The number of hydrogen-bond donors (Lipinski definition) is 1. The summed E-state index contributed by atoms with van der Waals surface area (Å²) in [6.45, 7) is 0. The fourth-order valence-corrected chi connectivity index (χ4v) is 0.891. The van der Waals surface area contributed by atoms with E-state index in [1.807, 2.05) is 0 Å². The van der Waals surface area contributed by atoms with Gasteiger partial charge < -0.3 is 8.92 Å². The molecule has 0 N–H and O–H groups in total. The number of carbonyl (C=O) groups is 1. The Morgan fingerprint density at radius 1 is 1.33 bits per heavy atom. The van der Waals surface area contributed by atoms with Gasteiger partial charge in [-0.15, -0.1) is 0 Å². The van der Waals surface area contributed by atoms with Gasteiger partial charge in [-0.05, 0) is 24.3 Å². The third kappa shape index (κ3) is 1.92. The third-order valence-electron chi connectivity index (χ3n) is 1.38. The Morgan fingerprint density at radius 3 is 2.33 bits per heavy atom. The first-order valence-electron chi connectivity index (χ1n) is 3.27. The van der Waals surface area contributed by atoms with E-state index in [0.717, 1.165) is 0 Å². The first-order valence-corrected chi connectivity index (χ1v) is 3.64. The molecule has 0 aromatic heterocycles. The molecule has 3 nitrogen and oxygen atoms in total. The van der Waals surface area contributed by atoms with E-state index in [1.165, 1.54) is 7.11 Å². The number of methoxy groups -OCH3 is 1. The zero-order valence-electron chi connectivity index (χ0n) is 6.48. The Morgan fingerprint density at radius 2 is 1.92 bits per heavy atom. The van der Waals surface area contributed by atoms with Gasteiger partial charge in [0.2, 0.25) is 0 Å². The van der Waals surface area contributed by atoms with Crippen molar-refractivity contribution in [3.8, 4) is 5.75 Å². The van der Waals surface area contributed by atoms with E-state index in [9.17, 15) is 4.79 Å². The van der Waals surface area contributed by atoms with E-state index in [1.54, 1.807) is 24.3 Å². The summed E-state index contributed by atoms with van der Waals surface area (Å²) in [6.07, 6.45) is 0. The van der Waals surface area contributed by atoms with Crippen LogP contribution in [0.2, 0.25) is 0 Å².